The van der Waals surface area contributed by atoms with E-state index in [1.165, 1.54) is 19.3 Å². The van der Waals surface area contributed by atoms with Gasteiger partial charge >= 0.3 is 6.03 Å². The molecular formula is C23H33N3O4S. The van der Waals surface area contributed by atoms with E-state index < -0.39 is 16.1 Å². The van der Waals surface area contributed by atoms with E-state index in [0.29, 0.717) is 12.0 Å². The number of urea groups is 1. The summed E-state index contributed by atoms with van der Waals surface area (Å²) in [6.45, 7) is 2.15. The monoisotopic (exact) mass is 447 g/mol. The second kappa shape index (κ2) is 15.0. The molecule has 0 radical (unpaired) electrons. The topological polar surface area (TPSA) is 118 Å². The van der Waals surface area contributed by atoms with Crippen molar-refractivity contribution in [3.8, 4) is 0 Å². The smallest absolute Gasteiger partial charge is 0.325 e. The lowest BCUT2D eigenvalue weighted by Gasteiger charge is -2.04. The van der Waals surface area contributed by atoms with Gasteiger partial charge in [0.15, 0.2) is 0 Å². The van der Waals surface area contributed by atoms with Crippen molar-refractivity contribution in [2.75, 3.05) is 11.1 Å². The maximum absolute atomic E-state index is 11.7. The zero-order valence-electron chi connectivity index (χ0n) is 18.0. The molecule has 0 saturated heterocycles. The van der Waals surface area contributed by atoms with Crippen molar-refractivity contribution in [2.24, 2.45) is 5.73 Å². The summed E-state index contributed by atoms with van der Waals surface area (Å²) in [6, 6.07) is 17.6. The molecule has 0 unspecified atom stereocenters. The molecule has 4 N–H and O–H groups in total. The number of benzene rings is 2. The van der Waals surface area contributed by atoms with Crippen LogP contribution in [0.1, 0.15) is 62.2 Å². The maximum atomic E-state index is 11.7. The lowest BCUT2D eigenvalue weighted by Crippen LogP contribution is -2.36. The molecule has 0 spiro atoms. The highest BCUT2D eigenvalue weighted by Gasteiger charge is 2.11. The number of anilines is 1. The van der Waals surface area contributed by atoms with Gasteiger partial charge in [0.1, 0.15) is 0 Å². The third-order valence-corrected chi connectivity index (χ3v) is 5.68. The van der Waals surface area contributed by atoms with Crippen molar-refractivity contribution in [2.45, 2.75) is 51.9 Å². The van der Waals surface area contributed by atoms with Gasteiger partial charge in [0.2, 0.25) is 10.0 Å². The second-order valence-electron chi connectivity index (χ2n) is 7.09. The number of rotatable bonds is 11. The van der Waals surface area contributed by atoms with Crippen LogP contribution in [0.15, 0.2) is 60.7 Å². The van der Waals surface area contributed by atoms with Gasteiger partial charge in [-0.3, -0.25) is 4.79 Å². The Balaban J connectivity index is 0.000000310. The van der Waals surface area contributed by atoms with Gasteiger partial charge in [-0.2, -0.15) is 0 Å². The molecule has 0 fully saturated rings. The molecule has 0 saturated carbocycles. The fraction of sp³-hybridized carbons (Fsp3) is 0.391. The van der Waals surface area contributed by atoms with Crippen molar-refractivity contribution in [3.05, 3.63) is 66.2 Å². The lowest BCUT2D eigenvalue weighted by molar-refractivity contribution is 0.102. The van der Waals surface area contributed by atoms with E-state index in [1.54, 1.807) is 16.9 Å². The zero-order valence-corrected chi connectivity index (χ0v) is 18.9. The molecule has 8 heteroatoms. The van der Waals surface area contributed by atoms with Crippen LogP contribution >= 0.6 is 0 Å². The Labute approximate surface area is 185 Å². The first kappa shape index (κ1) is 26.2. The van der Waals surface area contributed by atoms with Crippen LogP contribution in [0.25, 0.3) is 0 Å². The summed E-state index contributed by atoms with van der Waals surface area (Å²) in [5.41, 5.74) is 6.21. The van der Waals surface area contributed by atoms with Crippen molar-refractivity contribution in [1.29, 1.82) is 0 Å². The van der Waals surface area contributed by atoms with E-state index in [9.17, 15) is 18.0 Å². The molecule has 31 heavy (non-hydrogen) atoms. The van der Waals surface area contributed by atoms with Crippen LogP contribution in [0.5, 0.6) is 0 Å². The van der Waals surface area contributed by atoms with Crippen LogP contribution in [0.3, 0.4) is 0 Å². The minimum atomic E-state index is -3.50. The molecule has 170 valence electrons. The Morgan fingerprint density at radius 3 is 1.87 bits per heavy atom. The van der Waals surface area contributed by atoms with Gasteiger partial charge in [0.05, 0.1) is 5.75 Å². The minimum absolute atomic E-state index is 0.0241. The van der Waals surface area contributed by atoms with Gasteiger partial charge in [0.25, 0.3) is 5.91 Å². The molecule has 7 nitrogen and oxygen atoms in total. The van der Waals surface area contributed by atoms with Crippen molar-refractivity contribution >= 4 is 27.6 Å². The molecule has 0 aromatic heterocycles. The van der Waals surface area contributed by atoms with Crippen molar-refractivity contribution in [3.63, 3.8) is 0 Å². The largest absolute Gasteiger partial charge is 0.351 e. The van der Waals surface area contributed by atoms with Crippen LogP contribution in [-0.2, 0) is 10.0 Å². The highest BCUT2D eigenvalue weighted by atomic mass is 32.2. The average Bonchev–Trinajstić information content (AvgIpc) is 2.74. The van der Waals surface area contributed by atoms with E-state index in [0.717, 1.165) is 24.9 Å². The highest BCUT2D eigenvalue weighted by molar-refractivity contribution is 7.90. The highest BCUT2D eigenvalue weighted by Crippen LogP contribution is 2.08. The van der Waals surface area contributed by atoms with E-state index in [4.69, 9.17) is 5.73 Å². The van der Waals surface area contributed by atoms with Gasteiger partial charge in [-0.05, 0) is 30.7 Å². The molecule has 0 atom stereocenters. The molecule has 0 aliphatic carbocycles. The Kier molecular flexibility index (Phi) is 12.7. The number of carbonyl (C=O) groups is 2. The Morgan fingerprint density at radius 1 is 0.806 bits per heavy atom. The second-order valence-corrected chi connectivity index (χ2v) is 8.93. The summed E-state index contributed by atoms with van der Waals surface area (Å²) in [5, 5.41) is 2.82. The number of hydrogen-bond donors (Lipinski definition) is 3. The summed E-state index contributed by atoms with van der Waals surface area (Å²) in [5.74, 6) is -0.106. The van der Waals surface area contributed by atoms with Gasteiger partial charge < -0.3 is 11.1 Å². The molecule has 2 aromatic rings. The average molecular weight is 448 g/mol. The minimum Gasteiger partial charge on any atom is -0.351 e. The maximum Gasteiger partial charge on any atom is 0.325 e. The molecule has 3 amide bonds. The quantitative estimate of drug-likeness (QED) is 0.434. The number of nitrogens with two attached hydrogens (primary N) is 1. The lowest BCUT2D eigenvalue weighted by atomic mass is 10.1. The number of sulfonamides is 1. The third kappa shape index (κ3) is 13.1. The van der Waals surface area contributed by atoms with Gasteiger partial charge in [-0.1, -0.05) is 81.8 Å². The molecule has 2 aromatic carbocycles. The van der Waals surface area contributed by atoms with E-state index >= 15 is 0 Å². The SMILES string of the molecule is CCCCCCCCCS(=O)(=O)NC(N)=O.O=C(Nc1ccccc1)c1ccccc1. The Hall–Kier alpha value is -2.87. The van der Waals surface area contributed by atoms with Crippen LogP contribution in [0.2, 0.25) is 0 Å². The van der Waals surface area contributed by atoms with Crippen LogP contribution in [0, 0.1) is 0 Å². The first-order chi connectivity index (χ1) is 14.8. The van der Waals surface area contributed by atoms with Gasteiger partial charge in [-0.15, -0.1) is 0 Å². The summed E-state index contributed by atoms with van der Waals surface area (Å²) < 4.78 is 24.1. The van der Waals surface area contributed by atoms with E-state index in [2.05, 4.69) is 12.2 Å². The van der Waals surface area contributed by atoms with E-state index in [-0.39, 0.29) is 11.7 Å². The van der Waals surface area contributed by atoms with Crippen LogP contribution in [-0.4, -0.2) is 26.1 Å². The van der Waals surface area contributed by atoms with Crippen molar-refractivity contribution in [1.82, 2.24) is 4.72 Å². The summed E-state index contributed by atoms with van der Waals surface area (Å²) >= 11 is 0. The molecule has 0 aliphatic rings. The molecule has 0 bridgehead atoms. The number of unbranched alkanes of at least 4 members (excludes halogenated alkanes) is 6. The van der Waals surface area contributed by atoms with Crippen LogP contribution < -0.4 is 15.8 Å². The van der Waals surface area contributed by atoms with Crippen molar-refractivity contribution < 1.29 is 18.0 Å². The molecule has 0 heterocycles. The molecule has 0 aliphatic heterocycles. The summed E-state index contributed by atoms with van der Waals surface area (Å²) in [7, 11) is -3.50. The standard InChI is InChI=1S/C13H11NO.C10H22N2O3S/c15-13(11-7-3-1-4-8-11)14-12-9-5-2-6-10-12;1-2-3-4-5-6-7-8-9-16(14,15)12-10(11)13/h1-10H,(H,14,15);2-9H2,1H3,(H3,11,12,13). The number of carbonyl (C=O) groups excluding carboxylic acids is 2. The van der Waals surface area contributed by atoms with Crippen LogP contribution in [0.4, 0.5) is 10.5 Å². The number of primary amides is 1. The van der Waals surface area contributed by atoms with E-state index in [1.807, 2.05) is 48.5 Å². The number of para-hydroxylation sites is 1. The predicted octanol–water partition coefficient (Wildman–Crippen LogP) is 4.67. The fourth-order valence-electron chi connectivity index (χ4n) is 2.77. The first-order valence-corrected chi connectivity index (χ1v) is 12.2. The Bertz CT molecular complexity index is 872. The van der Waals surface area contributed by atoms with Gasteiger partial charge in [-0.25, -0.2) is 17.9 Å². The third-order valence-electron chi connectivity index (χ3n) is 4.34. The van der Waals surface area contributed by atoms with Gasteiger partial charge in [0, 0.05) is 11.3 Å². The first-order valence-electron chi connectivity index (χ1n) is 10.6. The summed E-state index contributed by atoms with van der Waals surface area (Å²) in [6.07, 6.45) is 7.31. The molecular weight excluding hydrogens is 414 g/mol. The molecule has 2 rings (SSSR count). The number of hydrogen-bond acceptors (Lipinski definition) is 4. The Morgan fingerprint density at radius 2 is 1.32 bits per heavy atom. The zero-order chi connectivity index (χ0) is 23.0. The fourth-order valence-corrected chi connectivity index (χ4v) is 3.76. The normalized spacial score (nSPS) is 10.5. The number of nitrogens with one attached hydrogen (secondary N) is 2. The predicted molar refractivity (Wildman–Crippen MR) is 125 cm³/mol. The number of amides is 3. The summed E-state index contributed by atoms with van der Waals surface area (Å²) in [4.78, 5) is 22.1.